The van der Waals surface area contributed by atoms with Gasteiger partial charge in [0.1, 0.15) is 12.0 Å². The Hall–Kier alpha value is -0.470. The van der Waals surface area contributed by atoms with Crippen molar-refractivity contribution in [3.63, 3.8) is 0 Å². The zero-order chi connectivity index (χ0) is 20.0. The molecule has 0 aliphatic heterocycles. The van der Waals surface area contributed by atoms with Crippen LogP contribution in [0.2, 0.25) is 0 Å². The zero-order valence-corrected chi connectivity index (χ0v) is 14.0. The molecule has 0 aromatic carbocycles. The normalized spacial score (nSPS) is 56.7. The van der Waals surface area contributed by atoms with Crippen molar-refractivity contribution in [2.24, 2.45) is 29.6 Å². The Kier molecular flexibility index (Phi) is 4.25. The molecule has 0 radical (unpaired) electrons. The van der Waals surface area contributed by atoms with E-state index in [-0.39, 0.29) is 0 Å². The summed E-state index contributed by atoms with van der Waals surface area (Å²) in [5, 5.41) is 0. The Morgan fingerprint density at radius 3 is 2.09 bits per heavy atom. The van der Waals surface area contributed by atoms with E-state index in [1.807, 2.05) is 0 Å². The van der Waals surface area contributed by atoms with Gasteiger partial charge in [0.15, 0.2) is 6.17 Å². The number of hydrogen-bond acceptors (Lipinski definition) is 0. The molecule has 0 amide bonds. The molecule has 0 bridgehead atoms. The minimum absolute atomic E-state index is 0.498. The lowest BCUT2D eigenvalue weighted by atomic mass is 9.66. The first-order valence-corrected chi connectivity index (χ1v) is 9.25. The molecule has 3 rings (SSSR count). The Labute approximate surface area is 144 Å². The van der Waals surface area contributed by atoms with Crippen molar-refractivity contribution in [2.75, 3.05) is 0 Å². The van der Waals surface area contributed by atoms with E-state index < -0.39 is 36.3 Å². The van der Waals surface area contributed by atoms with Gasteiger partial charge in [-0.05, 0) is 80.5 Å². The predicted octanol–water partition coefficient (Wildman–Crippen LogP) is 6.56. The highest BCUT2D eigenvalue weighted by molar-refractivity contribution is 5.11. The molecular formula is C20H31F3. The molecule has 3 heteroatoms. The molecule has 0 nitrogen and oxygen atoms in total. The summed E-state index contributed by atoms with van der Waals surface area (Å²) in [6.45, 7) is 2.23. The van der Waals surface area contributed by atoms with Gasteiger partial charge in [0.2, 0.25) is 0 Å². The van der Waals surface area contributed by atoms with Crippen molar-refractivity contribution in [1.82, 2.24) is 0 Å². The van der Waals surface area contributed by atoms with Crippen LogP contribution in [0.1, 0.15) is 76.6 Å². The van der Waals surface area contributed by atoms with Crippen LogP contribution in [0.15, 0.2) is 11.9 Å². The van der Waals surface area contributed by atoms with Gasteiger partial charge in [-0.3, -0.25) is 0 Å². The van der Waals surface area contributed by atoms with Crippen molar-refractivity contribution in [3.8, 4) is 0 Å². The molecule has 0 saturated heterocycles. The maximum absolute atomic E-state index is 14.5. The van der Waals surface area contributed by atoms with Gasteiger partial charge in [-0.15, -0.1) is 0 Å². The van der Waals surface area contributed by atoms with Crippen molar-refractivity contribution in [1.29, 1.82) is 0 Å². The van der Waals surface area contributed by atoms with E-state index in [0.717, 1.165) is 18.8 Å². The third kappa shape index (κ3) is 3.96. The van der Waals surface area contributed by atoms with E-state index in [4.69, 9.17) is 5.48 Å². The van der Waals surface area contributed by atoms with Crippen LogP contribution in [-0.4, -0.2) is 12.3 Å². The first-order valence-electron chi connectivity index (χ1n) is 11.3. The Morgan fingerprint density at radius 2 is 1.52 bits per heavy atom. The van der Waals surface area contributed by atoms with E-state index in [2.05, 4.69) is 6.92 Å². The number of rotatable bonds is 3. The number of allylic oxidation sites excluding steroid dienone is 2. The number of hydrogen-bond donors (Lipinski definition) is 0. The topological polar surface area (TPSA) is 0 Å². The molecule has 0 heterocycles. The van der Waals surface area contributed by atoms with Crippen LogP contribution < -0.4 is 0 Å². The second-order valence-electron chi connectivity index (χ2n) is 7.62. The highest BCUT2D eigenvalue weighted by Crippen LogP contribution is 2.45. The minimum Gasteiger partial charge on any atom is -0.244 e. The van der Waals surface area contributed by atoms with Gasteiger partial charge in [-0.1, -0.05) is 26.2 Å². The summed E-state index contributed by atoms with van der Waals surface area (Å²) in [7, 11) is 0. The smallest absolute Gasteiger partial charge is 0.182 e. The molecule has 0 aromatic heterocycles. The van der Waals surface area contributed by atoms with Gasteiger partial charge in [-0.2, -0.15) is 0 Å². The van der Waals surface area contributed by atoms with Crippen LogP contribution in [0.25, 0.3) is 0 Å². The first-order chi connectivity index (χ1) is 12.5. The highest BCUT2D eigenvalue weighted by atomic mass is 19.2. The summed E-state index contributed by atoms with van der Waals surface area (Å²) in [5.74, 6) is -2.38. The van der Waals surface area contributed by atoms with E-state index in [1.165, 1.54) is 32.1 Å². The molecule has 0 spiro atoms. The van der Waals surface area contributed by atoms with E-state index >= 15 is 0 Å². The quantitative estimate of drug-likeness (QED) is 0.549. The molecule has 3 aliphatic carbocycles. The molecular weight excluding hydrogens is 297 g/mol. The summed E-state index contributed by atoms with van der Waals surface area (Å²) in [6, 6.07) is 0. The summed E-state index contributed by atoms with van der Waals surface area (Å²) in [6.07, 6.45) is -0.492. The lowest BCUT2D eigenvalue weighted by molar-refractivity contribution is 0.0930. The molecule has 0 N–H and O–H groups in total. The maximum atomic E-state index is 14.5. The average Bonchev–Trinajstić information content (AvgIpc) is 2.66. The number of alkyl halides is 2. The van der Waals surface area contributed by atoms with E-state index in [0.29, 0.717) is 30.8 Å². The largest absolute Gasteiger partial charge is 0.244 e. The lowest BCUT2D eigenvalue weighted by Crippen LogP contribution is -2.32. The van der Waals surface area contributed by atoms with Gasteiger partial charge in [0, 0.05) is 4.11 Å². The fourth-order valence-electron chi connectivity index (χ4n) is 4.77. The fourth-order valence-corrected chi connectivity index (χ4v) is 4.77. The zero-order valence-electron chi connectivity index (χ0n) is 18.0. The summed E-state index contributed by atoms with van der Waals surface area (Å²) >= 11 is 0. The van der Waals surface area contributed by atoms with Gasteiger partial charge in [0.25, 0.3) is 0 Å². The van der Waals surface area contributed by atoms with E-state index in [9.17, 15) is 13.2 Å². The third-order valence-electron chi connectivity index (χ3n) is 6.37. The van der Waals surface area contributed by atoms with Crippen LogP contribution in [0.5, 0.6) is 0 Å². The van der Waals surface area contributed by atoms with Gasteiger partial charge < -0.3 is 0 Å². The SMILES string of the molecule is [2H]C1(F)C(F)C(F)=CC([2H])(C2CCC(C3CCC(CC)CC3)CC2)C1([2H])[2H]. The highest BCUT2D eigenvalue weighted by Gasteiger charge is 2.38. The van der Waals surface area contributed by atoms with E-state index in [1.54, 1.807) is 0 Å². The summed E-state index contributed by atoms with van der Waals surface area (Å²) in [5.41, 5.74) is 0. The Bertz CT molecular complexity index is 564. The van der Waals surface area contributed by atoms with Crippen molar-refractivity contribution in [3.05, 3.63) is 11.9 Å². The molecule has 0 aromatic rings. The van der Waals surface area contributed by atoms with Crippen LogP contribution in [0.3, 0.4) is 0 Å². The molecule has 3 unspecified atom stereocenters. The molecule has 23 heavy (non-hydrogen) atoms. The van der Waals surface area contributed by atoms with Crippen LogP contribution in [-0.2, 0) is 0 Å². The fraction of sp³-hybridized carbons (Fsp3) is 0.900. The van der Waals surface area contributed by atoms with Crippen molar-refractivity contribution < 1.29 is 18.7 Å². The van der Waals surface area contributed by atoms with Crippen LogP contribution >= 0.6 is 0 Å². The van der Waals surface area contributed by atoms with Crippen LogP contribution in [0.4, 0.5) is 13.2 Å². The van der Waals surface area contributed by atoms with Crippen molar-refractivity contribution >= 4 is 0 Å². The minimum atomic E-state index is -3.79. The average molecular weight is 332 g/mol. The first kappa shape index (κ1) is 12.8. The lowest BCUT2D eigenvalue weighted by Gasteiger charge is -2.40. The summed E-state index contributed by atoms with van der Waals surface area (Å²) in [4.78, 5) is 0. The van der Waals surface area contributed by atoms with Gasteiger partial charge >= 0.3 is 0 Å². The van der Waals surface area contributed by atoms with Crippen LogP contribution in [0, 0.1) is 29.6 Å². The van der Waals surface area contributed by atoms with Gasteiger partial charge in [-0.25, -0.2) is 13.2 Å². The second kappa shape index (κ2) is 7.61. The molecule has 2 fully saturated rings. The monoisotopic (exact) mass is 332 g/mol. The molecule has 132 valence electrons. The van der Waals surface area contributed by atoms with Crippen molar-refractivity contribution in [2.45, 2.75) is 83.4 Å². The third-order valence-corrected chi connectivity index (χ3v) is 6.37. The number of halogens is 3. The Balaban J connectivity index is 1.70. The molecule has 2 saturated carbocycles. The molecule has 3 atom stereocenters. The predicted molar refractivity (Wildman–Crippen MR) is 88.3 cm³/mol. The van der Waals surface area contributed by atoms with Gasteiger partial charge in [0.05, 0.1) is 1.37 Å². The summed E-state index contributed by atoms with van der Waals surface area (Å²) < 4.78 is 74.2. The second-order valence-corrected chi connectivity index (χ2v) is 7.62. The molecule has 3 aliphatic rings. The standard InChI is InChI=1S/C20H31F3/c1-2-13-3-5-14(6-4-13)15-7-9-16(10-8-15)17-11-18(21)20(23)19(22)12-17/h11,13-17,19-20H,2-10,12H2,1H3/i12D2,17D,19D. The maximum Gasteiger partial charge on any atom is 0.182 e. The Morgan fingerprint density at radius 1 is 1.00 bits per heavy atom.